The number of fused-ring (bicyclic) bond motifs is 1. The summed E-state index contributed by atoms with van der Waals surface area (Å²) < 4.78 is 26.6. The van der Waals surface area contributed by atoms with Crippen LogP contribution in [0.4, 0.5) is 10.6 Å². The molecule has 31 heavy (non-hydrogen) atoms. The number of carbonyl (C=O) groups excluding carboxylic acids is 3. The third kappa shape index (κ3) is 5.95. The number of nitriles is 1. The van der Waals surface area contributed by atoms with Crippen molar-refractivity contribution in [2.75, 3.05) is 18.9 Å². The number of hydrogen-bond donors (Lipinski definition) is 1. The molecule has 2 aromatic heterocycles. The smallest absolute Gasteiger partial charge is 0.454 e. The number of rotatable bonds is 9. The molecule has 0 radical (unpaired) electrons. The molecule has 3 atom stereocenters. The van der Waals surface area contributed by atoms with E-state index in [0.29, 0.717) is 5.52 Å². The standard InChI is InChI=1S/C18H21N5O8/c1-4-27-18(26)28-7-14(29-8-19)16(31-11(3)25)15(30-10(2)24)12-5-6-13-17(20)21-9-22-23(12)13/h5-6,9,14-16H,4,7H2,1-3H3,(H2,20,21,22)/t14-,15+,16-/m1/s1. The van der Waals surface area contributed by atoms with Crippen LogP contribution in [-0.2, 0) is 33.3 Å². The van der Waals surface area contributed by atoms with Crippen molar-refractivity contribution in [3.8, 4) is 6.26 Å². The molecule has 0 aliphatic rings. The zero-order valence-corrected chi connectivity index (χ0v) is 17.0. The number of aromatic nitrogens is 3. The molecule has 2 aromatic rings. The second-order valence-corrected chi connectivity index (χ2v) is 6.05. The highest BCUT2D eigenvalue weighted by molar-refractivity contribution is 5.69. The largest absolute Gasteiger partial charge is 0.508 e. The Morgan fingerprint density at radius 2 is 1.90 bits per heavy atom. The fourth-order valence-electron chi connectivity index (χ4n) is 2.76. The predicted molar refractivity (Wildman–Crippen MR) is 101 cm³/mol. The van der Waals surface area contributed by atoms with Crippen LogP contribution >= 0.6 is 0 Å². The molecule has 13 nitrogen and oxygen atoms in total. The number of nitrogens with two attached hydrogens (primary N) is 1. The van der Waals surface area contributed by atoms with Crippen molar-refractivity contribution in [3.05, 3.63) is 24.2 Å². The van der Waals surface area contributed by atoms with Crippen LogP contribution in [0.15, 0.2) is 18.5 Å². The van der Waals surface area contributed by atoms with Crippen molar-refractivity contribution < 1.29 is 38.1 Å². The summed E-state index contributed by atoms with van der Waals surface area (Å²) in [5.41, 5.74) is 6.48. The quantitative estimate of drug-likeness (QED) is 0.334. The Balaban J connectivity index is 2.50. The first-order valence-corrected chi connectivity index (χ1v) is 9.05. The number of nitrogens with zero attached hydrogens (tertiary/aromatic N) is 4. The lowest BCUT2D eigenvalue weighted by molar-refractivity contribution is -0.178. The third-order valence-corrected chi connectivity index (χ3v) is 3.89. The summed E-state index contributed by atoms with van der Waals surface area (Å²) in [6, 6.07) is 3.10. The molecular formula is C18H21N5O8. The Bertz CT molecular complexity index is 985. The van der Waals surface area contributed by atoms with Gasteiger partial charge in [-0.3, -0.25) is 9.59 Å². The van der Waals surface area contributed by atoms with E-state index in [1.807, 2.05) is 0 Å². The summed E-state index contributed by atoms with van der Waals surface area (Å²) in [6.45, 7) is 3.36. The van der Waals surface area contributed by atoms with E-state index in [9.17, 15) is 14.4 Å². The highest BCUT2D eigenvalue weighted by Crippen LogP contribution is 2.30. The van der Waals surface area contributed by atoms with Gasteiger partial charge in [-0.05, 0) is 19.1 Å². The summed E-state index contributed by atoms with van der Waals surface area (Å²) in [5.74, 6) is -1.33. The van der Waals surface area contributed by atoms with E-state index in [1.165, 1.54) is 23.2 Å². The first-order chi connectivity index (χ1) is 14.8. The van der Waals surface area contributed by atoms with Gasteiger partial charge in [0.15, 0.2) is 24.1 Å². The van der Waals surface area contributed by atoms with Crippen molar-refractivity contribution in [2.45, 2.75) is 39.1 Å². The van der Waals surface area contributed by atoms with Gasteiger partial charge in [0.25, 0.3) is 6.26 Å². The van der Waals surface area contributed by atoms with Gasteiger partial charge in [-0.15, -0.1) is 0 Å². The normalized spacial score (nSPS) is 13.4. The number of carbonyl (C=O) groups is 3. The molecule has 2 rings (SSSR count). The average molecular weight is 435 g/mol. The summed E-state index contributed by atoms with van der Waals surface area (Å²) in [5, 5.41) is 13.1. The van der Waals surface area contributed by atoms with Crippen LogP contribution in [0.2, 0.25) is 0 Å². The number of nitrogen functional groups attached to an aromatic ring is 1. The summed E-state index contributed by atoms with van der Waals surface area (Å²) in [7, 11) is 0. The Labute approximate surface area is 176 Å². The van der Waals surface area contributed by atoms with E-state index >= 15 is 0 Å². The Morgan fingerprint density at radius 3 is 2.52 bits per heavy atom. The molecule has 0 aliphatic heterocycles. The van der Waals surface area contributed by atoms with Gasteiger partial charge < -0.3 is 29.4 Å². The molecule has 0 aliphatic carbocycles. The topological polar surface area (TPSA) is 177 Å². The van der Waals surface area contributed by atoms with E-state index in [4.69, 9.17) is 29.9 Å². The van der Waals surface area contributed by atoms with E-state index in [0.717, 1.165) is 13.8 Å². The van der Waals surface area contributed by atoms with Crippen LogP contribution in [0.3, 0.4) is 0 Å². The van der Waals surface area contributed by atoms with Gasteiger partial charge >= 0.3 is 18.1 Å². The molecule has 0 fully saturated rings. The minimum absolute atomic E-state index is 0.0589. The van der Waals surface area contributed by atoms with Crippen LogP contribution in [0.1, 0.15) is 32.6 Å². The maximum atomic E-state index is 11.8. The first-order valence-electron chi connectivity index (χ1n) is 9.05. The Morgan fingerprint density at radius 1 is 1.19 bits per heavy atom. The maximum absolute atomic E-state index is 11.8. The molecule has 0 saturated heterocycles. The van der Waals surface area contributed by atoms with Gasteiger partial charge in [-0.1, -0.05) is 0 Å². The lowest BCUT2D eigenvalue weighted by Gasteiger charge is -2.30. The van der Waals surface area contributed by atoms with Gasteiger partial charge in [-0.25, -0.2) is 14.3 Å². The minimum atomic E-state index is -1.40. The SMILES string of the molecule is CCOC(=O)OC[C@@H](OC#N)[C@@H](OC(C)=O)[C@@H](OC(C)=O)c1ccc2c(N)ncnn12. The van der Waals surface area contributed by atoms with Crippen LogP contribution in [0.25, 0.3) is 5.52 Å². The number of ether oxygens (including phenoxy) is 5. The summed E-state index contributed by atoms with van der Waals surface area (Å²) in [6.07, 6.45) is -2.42. The Hall–Kier alpha value is -4.08. The van der Waals surface area contributed by atoms with Gasteiger partial charge in [0.2, 0.25) is 0 Å². The number of hydrogen-bond acceptors (Lipinski definition) is 12. The highest BCUT2D eigenvalue weighted by Gasteiger charge is 2.40. The summed E-state index contributed by atoms with van der Waals surface area (Å²) in [4.78, 5) is 39.1. The van der Waals surface area contributed by atoms with Crippen LogP contribution < -0.4 is 5.73 Å². The van der Waals surface area contributed by atoms with Crippen molar-refractivity contribution in [3.63, 3.8) is 0 Å². The van der Waals surface area contributed by atoms with Gasteiger partial charge in [0.1, 0.15) is 18.5 Å². The molecule has 0 spiro atoms. The number of esters is 2. The van der Waals surface area contributed by atoms with E-state index in [1.54, 1.807) is 13.0 Å². The highest BCUT2D eigenvalue weighted by atomic mass is 16.7. The average Bonchev–Trinajstić information content (AvgIpc) is 3.13. The van der Waals surface area contributed by atoms with Gasteiger partial charge in [0, 0.05) is 13.8 Å². The van der Waals surface area contributed by atoms with Crippen LogP contribution in [0.5, 0.6) is 0 Å². The lowest BCUT2D eigenvalue weighted by atomic mass is 10.0. The molecule has 2 heterocycles. The van der Waals surface area contributed by atoms with Gasteiger partial charge in [0.05, 0.1) is 12.3 Å². The molecule has 0 aromatic carbocycles. The first kappa shape index (κ1) is 23.2. The van der Waals surface area contributed by atoms with E-state index in [2.05, 4.69) is 14.8 Å². The minimum Gasteiger partial charge on any atom is -0.454 e. The molecule has 0 saturated carbocycles. The number of anilines is 1. The molecule has 166 valence electrons. The van der Waals surface area contributed by atoms with Crippen molar-refractivity contribution in [1.29, 1.82) is 5.26 Å². The zero-order valence-electron chi connectivity index (χ0n) is 17.0. The molecule has 13 heteroatoms. The predicted octanol–water partition coefficient (Wildman–Crippen LogP) is 0.887. The van der Waals surface area contributed by atoms with Crippen LogP contribution in [-0.4, -0.2) is 58.1 Å². The molecule has 0 bridgehead atoms. The second kappa shape index (κ2) is 10.6. The van der Waals surface area contributed by atoms with Crippen molar-refractivity contribution in [1.82, 2.24) is 14.6 Å². The molecular weight excluding hydrogens is 414 g/mol. The zero-order chi connectivity index (χ0) is 23.0. The van der Waals surface area contributed by atoms with Crippen molar-refractivity contribution in [2.24, 2.45) is 0 Å². The van der Waals surface area contributed by atoms with E-state index in [-0.39, 0.29) is 18.1 Å². The second-order valence-electron chi connectivity index (χ2n) is 6.05. The van der Waals surface area contributed by atoms with Gasteiger partial charge in [-0.2, -0.15) is 10.4 Å². The molecule has 2 N–H and O–H groups in total. The monoisotopic (exact) mass is 435 g/mol. The maximum Gasteiger partial charge on any atom is 0.508 e. The van der Waals surface area contributed by atoms with Crippen LogP contribution in [0, 0.1) is 11.5 Å². The molecule has 0 amide bonds. The Kier molecular flexibility index (Phi) is 7.95. The fourth-order valence-corrected chi connectivity index (χ4v) is 2.76. The lowest BCUT2D eigenvalue weighted by Crippen LogP contribution is -2.42. The fraction of sp³-hybridized carbons (Fsp3) is 0.444. The van der Waals surface area contributed by atoms with E-state index < -0.39 is 43.0 Å². The summed E-state index contributed by atoms with van der Waals surface area (Å²) >= 11 is 0. The van der Waals surface area contributed by atoms with Crippen molar-refractivity contribution >= 4 is 29.4 Å². The molecule has 0 unspecified atom stereocenters. The third-order valence-electron chi connectivity index (χ3n) is 3.89.